The largest absolute Gasteiger partial charge is 0.324 e. The van der Waals surface area contributed by atoms with Gasteiger partial charge in [-0.15, -0.1) is 0 Å². The van der Waals surface area contributed by atoms with Crippen molar-refractivity contribution >= 4 is 21.6 Å². The van der Waals surface area contributed by atoms with Gasteiger partial charge in [0.05, 0.1) is 10.9 Å². The summed E-state index contributed by atoms with van der Waals surface area (Å²) in [5.41, 5.74) is 2.85. The lowest BCUT2D eigenvalue weighted by molar-refractivity contribution is -0.121. The Morgan fingerprint density at radius 2 is 1.66 bits per heavy atom. The van der Waals surface area contributed by atoms with Crippen LogP contribution in [0.4, 0.5) is 10.1 Å². The first kappa shape index (κ1) is 21.4. The van der Waals surface area contributed by atoms with Crippen LogP contribution in [0.5, 0.6) is 0 Å². The standard InChI is InChI=1S/C21H26FN3O3S/c1-15-4-5-16(2)20(14-15)23-21(26)17(3)24-10-12-25(13-11-24)29(27,28)19-8-6-18(22)7-9-19/h4-9,14,17H,10-13H2,1-3H3,(H,23,26)/t17-/m1/s1. The third kappa shape index (κ3) is 4.83. The molecule has 1 aliphatic heterocycles. The van der Waals surface area contributed by atoms with E-state index in [0.29, 0.717) is 13.1 Å². The number of anilines is 1. The van der Waals surface area contributed by atoms with E-state index in [1.165, 1.54) is 16.4 Å². The van der Waals surface area contributed by atoms with Gasteiger partial charge in [0, 0.05) is 31.9 Å². The van der Waals surface area contributed by atoms with Gasteiger partial charge in [-0.3, -0.25) is 9.69 Å². The molecule has 156 valence electrons. The molecule has 0 aromatic heterocycles. The number of rotatable bonds is 5. The zero-order valence-corrected chi connectivity index (χ0v) is 17.7. The van der Waals surface area contributed by atoms with Crippen molar-refractivity contribution in [3.8, 4) is 0 Å². The van der Waals surface area contributed by atoms with Gasteiger partial charge in [0.15, 0.2) is 0 Å². The smallest absolute Gasteiger partial charge is 0.243 e. The van der Waals surface area contributed by atoms with Crippen LogP contribution in [-0.2, 0) is 14.8 Å². The number of aryl methyl sites for hydroxylation is 2. The molecule has 29 heavy (non-hydrogen) atoms. The molecule has 0 saturated carbocycles. The number of sulfonamides is 1. The molecule has 1 heterocycles. The monoisotopic (exact) mass is 419 g/mol. The van der Waals surface area contributed by atoms with Crippen molar-refractivity contribution in [3.05, 3.63) is 59.4 Å². The molecule has 0 spiro atoms. The van der Waals surface area contributed by atoms with Crippen molar-refractivity contribution in [2.45, 2.75) is 31.7 Å². The molecule has 0 radical (unpaired) electrons. The van der Waals surface area contributed by atoms with Gasteiger partial charge < -0.3 is 5.32 Å². The van der Waals surface area contributed by atoms with E-state index in [4.69, 9.17) is 0 Å². The van der Waals surface area contributed by atoms with Crippen LogP contribution in [0.25, 0.3) is 0 Å². The fourth-order valence-corrected chi connectivity index (χ4v) is 4.78. The molecule has 1 amide bonds. The number of nitrogens with one attached hydrogen (secondary N) is 1. The Hall–Kier alpha value is -2.29. The van der Waals surface area contributed by atoms with E-state index in [1.807, 2.05) is 43.9 Å². The van der Waals surface area contributed by atoms with E-state index in [2.05, 4.69) is 5.32 Å². The van der Waals surface area contributed by atoms with Crippen molar-refractivity contribution in [1.82, 2.24) is 9.21 Å². The molecule has 1 N–H and O–H groups in total. The van der Waals surface area contributed by atoms with Crippen molar-refractivity contribution in [3.63, 3.8) is 0 Å². The van der Waals surface area contributed by atoms with E-state index in [-0.39, 0.29) is 29.9 Å². The van der Waals surface area contributed by atoms with Gasteiger partial charge in [-0.1, -0.05) is 12.1 Å². The predicted molar refractivity (Wildman–Crippen MR) is 111 cm³/mol. The van der Waals surface area contributed by atoms with Crippen molar-refractivity contribution in [2.75, 3.05) is 31.5 Å². The van der Waals surface area contributed by atoms with Crippen LogP contribution in [-0.4, -0.2) is 55.8 Å². The Kier molecular flexibility index (Phi) is 6.36. The number of hydrogen-bond acceptors (Lipinski definition) is 4. The molecular formula is C21H26FN3O3S. The van der Waals surface area contributed by atoms with Gasteiger partial charge in [-0.05, 0) is 62.2 Å². The maximum absolute atomic E-state index is 13.1. The van der Waals surface area contributed by atoms with E-state index in [1.54, 1.807) is 0 Å². The topological polar surface area (TPSA) is 69.7 Å². The summed E-state index contributed by atoms with van der Waals surface area (Å²) in [6.07, 6.45) is 0. The Labute approximate surface area is 171 Å². The van der Waals surface area contributed by atoms with Gasteiger partial charge >= 0.3 is 0 Å². The highest BCUT2D eigenvalue weighted by Gasteiger charge is 2.31. The van der Waals surface area contributed by atoms with Crippen molar-refractivity contribution in [2.24, 2.45) is 0 Å². The highest BCUT2D eigenvalue weighted by molar-refractivity contribution is 7.89. The molecule has 0 unspecified atom stereocenters. The number of hydrogen-bond donors (Lipinski definition) is 1. The zero-order chi connectivity index (χ0) is 21.2. The minimum absolute atomic E-state index is 0.0769. The summed E-state index contributed by atoms with van der Waals surface area (Å²) >= 11 is 0. The van der Waals surface area contributed by atoms with Gasteiger partial charge in [0.2, 0.25) is 15.9 Å². The number of amides is 1. The highest BCUT2D eigenvalue weighted by Crippen LogP contribution is 2.20. The van der Waals surface area contributed by atoms with Crippen LogP contribution in [0, 0.1) is 19.7 Å². The van der Waals surface area contributed by atoms with Gasteiger partial charge in [-0.2, -0.15) is 4.31 Å². The molecule has 6 nitrogen and oxygen atoms in total. The third-order valence-corrected chi connectivity index (χ3v) is 7.22. The number of benzene rings is 2. The predicted octanol–water partition coefficient (Wildman–Crippen LogP) is 2.78. The Morgan fingerprint density at radius 1 is 1.03 bits per heavy atom. The summed E-state index contributed by atoms with van der Waals surface area (Å²) in [5, 5.41) is 2.97. The summed E-state index contributed by atoms with van der Waals surface area (Å²) in [7, 11) is -3.67. The average molecular weight is 420 g/mol. The molecular weight excluding hydrogens is 393 g/mol. The number of nitrogens with zero attached hydrogens (tertiary/aromatic N) is 2. The molecule has 1 atom stereocenters. The molecule has 1 fully saturated rings. The van der Waals surface area contributed by atoms with E-state index in [0.717, 1.165) is 28.9 Å². The minimum Gasteiger partial charge on any atom is -0.324 e. The van der Waals surface area contributed by atoms with E-state index >= 15 is 0 Å². The molecule has 8 heteroatoms. The number of halogens is 1. The van der Waals surface area contributed by atoms with Crippen LogP contribution in [0.1, 0.15) is 18.1 Å². The van der Waals surface area contributed by atoms with Gasteiger partial charge in [-0.25, -0.2) is 12.8 Å². The Balaban J connectivity index is 1.61. The first-order valence-electron chi connectivity index (χ1n) is 9.56. The van der Waals surface area contributed by atoms with Gasteiger partial charge in [0.1, 0.15) is 5.82 Å². The number of piperazine rings is 1. The molecule has 1 aliphatic rings. The summed E-state index contributed by atoms with van der Waals surface area (Å²) in [4.78, 5) is 14.7. The van der Waals surface area contributed by atoms with E-state index < -0.39 is 15.8 Å². The second kappa shape index (κ2) is 8.61. The normalized spacial score (nSPS) is 17.1. The lowest BCUT2D eigenvalue weighted by Crippen LogP contribution is -2.53. The van der Waals surface area contributed by atoms with Crippen molar-refractivity contribution in [1.29, 1.82) is 0 Å². The summed E-state index contributed by atoms with van der Waals surface area (Å²) < 4.78 is 39.9. The van der Waals surface area contributed by atoms with Crippen LogP contribution in [0.2, 0.25) is 0 Å². The maximum Gasteiger partial charge on any atom is 0.243 e. The number of carbonyl (C=O) groups excluding carboxylic acids is 1. The highest BCUT2D eigenvalue weighted by atomic mass is 32.2. The SMILES string of the molecule is Cc1ccc(C)c(NC(=O)[C@@H](C)N2CCN(S(=O)(=O)c3ccc(F)cc3)CC2)c1. The first-order chi connectivity index (χ1) is 13.7. The average Bonchev–Trinajstić information content (AvgIpc) is 2.70. The maximum atomic E-state index is 13.1. The molecule has 2 aromatic rings. The van der Waals surface area contributed by atoms with E-state index in [9.17, 15) is 17.6 Å². The van der Waals surface area contributed by atoms with Crippen molar-refractivity contribution < 1.29 is 17.6 Å². The van der Waals surface area contributed by atoms with Crippen LogP contribution in [0.15, 0.2) is 47.4 Å². The molecule has 0 bridgehead atoms. The molecule has 2 aromatic carbocycles. The lowest BCUT2D eigenvalue weighted by atomic mass is 10.1. The zero-order valence-electron chi connectivity index (χ0n) is 16.9. The lowest BCUT2D eigenvalue weighted by Gasteiger charge is -2.36. The van der Waals surface area contributed by atoms with Crippen LogP contribution < -0.4 is 5.32 Å². The number of carbonyl (C=O) groups is 1. The molecule has 1 saturated heterocycles. The summed E-state index contributed by atoms with van der Waals surface area (Å²) in [5.74, 6) is -0.592. The molecule has 0 aliphatic carbocycles. The Bertz CT molecular complexity index is 985. The molecule has 3 rings (SSSR count). The fourth-order valence-electron chi connectivity index (χ4n) is 3.36. The first-order valence-corrected chi connectivity index (χ1v) is 11.0. The second-order valence-electron chi connectivity index (χ2n) is 7.38. The second-order valence-corrected chi connectivity index (χ2v) is 9.32. The van der Waals surface area contributed by atoms with Gasteiger partial charge in [0.25, 0.3) is 0 Å². The summed E-state index contributed by atoms with van der Waals surface area (Å²) in [6.45, 7) is 7.19. The Morgan fingerprint density at radius 3 is 2.28 bits per heavy atom. The quantitative estimate of drug-likeness (QED) is 0.809. The fraction of sp³-hybridized carbons (Fsp3) is 0.381. The van der Waals surface area contributed by atoms with Crippen LogP contribution >= 0.6 is 0 Å². The minimum atomic E-state index is -3.67. The van der Waals surface area contributed by atoms with Crippen LogP contribution in [0.3, 0.4) is 0 Å². The third-order valence-electron chi connectivity index (χ3n) is 5.30. The summed E-state index contributed by atoms with van der Waals surface area (Å²) in [6, 6.07) is 10.3.